The summed E-state index contributed by atoms with van der Waals surface area (Å²) in [6.45, 7) is 0.505. The summed E-state index contributed by atoms with van der Waals surface area (Å²) in [7, 11) is 1.51. The van der Waals surface area contributed by atoms with Crippen molar-refractivity contribution in [3.05, 3.63) is 24.0 Å². The van der Waals surface area contributed by atoms with Gasteiger partial charge in [-0.1, -0.05) is 12.8 Å². The van der Waals surface area contributed by atoms with Crippen molar-refractivity contribution in [2.75, 3.05) is 13.7 Å². The Morgan fingerprint density at radius 2 is 2.32 bits per heavy atom. The van der Waals surface area contributed by atoms with Gasteiger partial charge in [-0.3, -0.25) is 9.78 Å². The summed E-state index contributed by atoms with van der Waals surface area (Å²) < 4.78 is 5.11. The van der Waals surface area contributed by atoms with Crippen LogP contribution in [0.15, 0.2) is 18.5 Å². The second kappa shape index (κ2) is 6.52. The summed E-state index contributed by atoms with van der Waals surface area (Å²) in [6, 6.07) is 1.63. The number of aliphatic hydroxyl groups is 1. The molecule has 2 rings (SSSR count). The van der Waals surface area contributed by atoms with Gasteiger partial charge in [0, 0.05) is 18.7 Å². The molecule has 0 aliphatic heterocycles. The Morgan fingerprint density at radius 1 is 1.53 bits per heavy atom. The van der Waals surface area contributed by atoms with E-state index in [0.717, 1.165) is 25.7 Å². The molecule has 2 N–H and O–H groups in total. The Kier molecular flexibility index (Phi) is 4.74. The second-order valence-electron chi connectivity index (χ2n) is 4.90. The molecule has 1 amide bonds. The third-order valence-corrected chi connectivity index (χ3v) is 3.64. The number of carbonyl (C=O) groups is 1. The summed E-state index contributed by atoms with van der Waals surface area (Å²) in [5.41, 5.74) is 0.475. The van der Waals surface area contributed by atoms with Crippen LogP contribution in [-0.4, -0.2) is 35.8 Å². The van der Waals surface area contributed by atoms with Crippen LogP contribution in [0.5, 0.6) is 5.75 Å². The number of methoxy groups -OCH3 is 1. The molecule has 0 spiro atoms. The molecule has 1 saturated carbocycles. The van der Waals surface area contributed by atoms with Gasteiger partial charge in [0.25, 0.3) is 5.91 Å². The van der Waals surface area contributed by atoms with E-state index in [4.69, 9.17) is 4.74 Å². The zero-order valence-electron chi connectivity index (χ0n) is 11.1. The maximum absolute atomic E-state index is 12.1. The van der Waals surface area contributed by atoms with Crippen LogP contribution < -0.4 is 10.1 Å². The number of aromatic nitrogens is 1. The molecule has 1 heterocycles. The molecule has 2 unspecified atom stereocenters. The van der Waals surface area contributed by atoms with Crippen LogP contribution in [0.1, 0.15) is 36.0 Å². The van der Waals surface area contributed by atoms with Gasteiger partial charge in [0.1, 0.15) is 5.75 Å². The van der Waals surface area contributed by atoms with Crippen molar-refractivity contribution < 1.29 is 14.6 Å². The zero-order chi connectivity index (χ0) is 13.7. The first-order valence-electron chi connectivity index (χ1n) is 6.66. The lowest BCUT2D eigenvalue weighted by Gasteiger charge is -2.27. The second-order valence-corrected chi connectivity index (χ2v) is 4.90. The Morgan fingerprint density at radius 3 is 3.05 bits per heavy atom. The van der Waals surface area contributed by atoms with E-state index in [1.165, 1.54) is 13.3 Å². The molecule has 1 aliphatic carbocycles. The molecular formula is C14H20N2O3. The number of hydrogen-bond acceptors (Lipinski definition) is 4. The van der Waals surface area contributed by atoms with Crippen molar-refractivity contribution in [3.8, 4) is 5.75 Å². The maximum atomic E-state index is 12.1. The highest BCUT2D eigenvalue weighted by atomic mass is 16.5. The first kappa shape index (κ1) is 13.8. The number of nitrogens with zero attached hydrogens (tertiary/aromatic N) is 1. The van der Waals surface area contributed by atoms with Gasteiger partial charge in [-0.15, -0.1) is 0 Å². The van der Waals surface area contributed by atoms with E-state index in [1.54, 1.807) is 12.3 Å². The predicted octanol–water partition coefficient (Wildman–Crippen LogP) is 1.37. The largest absolute Gasteiger partial charge is 0.494 e. The zero-order valence-corrected chi connectivity index (χ0v) is 11.1. The quantitative estimate of drug-likeness (QED) is 0.861. The van der Waals surface area contributed by atoms with E-state index in [0.29, 0.717) is 17.9 Å². The maximum Gasteiger partial charge on any atom is 0.255 e. The molecule has 5 nitrogen and oxygen atoms in total. The van der Waals surface area contributed by atoms with Gasteiger partial charge >= 0.3 is 0 Å². The molecule has 1 fully saturated rings. The lowest BCUT2D eigenvalue weighted by molar-refractivity contribution is 0.0662. The van der Waals surface area contributed by atoms with Crippen LogP contribution in [0.3, 0.4) is 0 Å². The average molecular weight is 264 g/mol. The topological polar surface area (TPSA) is 71.5 Å². The Balaban J connectivity index is 1.93. The van der Waals surface area contributed by atoms with Gasteiger partial charge in [-0.05, 0) is 18.9 Å². The standard InChI is InChI=1S/C14H20N2O3/c1-19-13-9-15-7-6-11(13)14(18)16-8-10-4-2-3-5-12(10)17/h6-7,9-10,12,17H,2-5,8H2,1H3,(H,16,18). The minimum atomic E-state index is -0.298. The fourth-order valence-corrected chi connectivity index (χ4v) is 2.48. The minimum absolute atomic E-state index is 0.158. The highest BCUT2D eigenvalue weighted by molar-refractivity contribution is 5.96. The van der Waals surface area contributed by atoms with Gasteiger partial charge in [0.05, 0.1) is 25.0 Å². The van der Waals surface area contributed by atoms with E-state index in [-0.39, 0.29) is 17.9 Å². The highest BCUT2D eigenvalue weighted by Gasteiger charge is 2.23. The number of nitrogens with one attached hydrogen (secondary N) is 1. The average Bonchev–Trinajstić information content (AvgIpc) is 2.46. The number of pyridine rings is 1. The minimum Gasteiger partial charge on any atom is -0.494 e. The summed E-state index contributed by atoms with van der Waals surface area (Å²) in [6.07, 6.45) is 6.78. The number of aliphatic hydroxyl groups excluding tert-OH is 1. The predicted molar refractivity (Wildman–Crippen MR) is 71.1 cm³/mol. The van der Waals surface area contributed by atoms with E-state index in [1.807, 2.05) is 0 Å². The van der Waals surface area contributed by atoms with Crippen molar-refractivity contribution in [1.82, 2.24) is 10.3 Å². The van der Waals surface area contributed by atoms with Crippen LogP contribution in [0.2, 0.25) is 0 Å². The van der Waals surface area contributed by atoms with Crippen molar-refractivity contribution >= 4 is 5.91 Å². The van der Waals surface area contributed by atoms with Crippen molar-refractivity contribution in [1.29, 1.82) is 0 Å². The molecule has 5 heteroatoms. The van der Waals surface area contributed by atoms with E-state index < -0.39 is 0 Å². The molecule has 2 atom stereocenters. The third-order valence-electron chi connectivity index (χ3n) is 3.64. The summed E-state index contributed by atoms with van der Waals surface area (Å²) in [5.74, 6) is 0.437. The molecule has 19 heavy (non-hydrogen) atoms. The van der Waals surface area contributed by atoms with Gasteiger partial charge in [0.15, 0.2) is 0 Å². The van der Waals surface area contributed by atoms with Crippen LogP contribution >= 0.6 is 0 Å². The SMILES string of the molecule is COc1cnccc1C(=O)NCC1CCCCC1O. The number of carbonyl (C=O) groups excluding carboxylic acids is 1. The molecule has 0 saturated heterocycles. The Labute approximate surface area is 113 Å². The molecule has 0 aromatic carbocycles. The molecule has 1 aromatic rings. The Hall–Kier alpha value is -1.62. The van der Waals surface area contributed by atoms with Crippen molar-refractivity contribution in [2.24, 2.45) is 5.92 Å². The van der Waals surface area contributed by atoms with Gasteiger partial charge in [-0.2, -0.15) is 0 Å². The Bertz CT molecular complexity index is 436. The monoisotopic (exact) mass is 264 g/mol. The van der Waals surface area contributed by atoms with Crippen LogP contribution in [-0.2, 0) is 0 Å². The fraction of sp³-hybridized carbons (Fsp3) is 0.571. The summed E-state index contributed by atoms with van der Waals surface area (Å²) in [5, 5.41) is 12.7. The molecular weight excluding hydrogens is 244 g/mol. The van der Waals surface area contributed by atoms with Gasteiger partial charge in [0.2, 0.25) is 0 Å². The number of rotatable bonds is 4. The van der Waals surface area contributed by atoms with Crippen LogP contribution in [0.25, 0.3) is 0 Å². The normalized spacial score (nSPS) is 22.8. The molecule has 1 aromatic heterocycles. The lowest BCUT2D eigenvalue weighted by atomic mass is 9.86. The van der Waals surface area contributed by atoms with Gasteiger partial charge < -0.3 is 15.2 Å². The number of amides is 1. The summed E-state index contributed by atoms with van der Waals surface area (Å²) >= 11 is 0. The highest BCUT2D eigenvalue weighted by Crippen LogP contribution is 2.24. The van der Waals surface area contributed by atoms with E-state index in [2.05, 4.69) is 10.3 Å². The molecule has 0 radical (unpaired) electrons. The van der Waals surface area contributed by atoms with E-state index >= 15 is 0 Å². The van der Waals surface area contributed by atoms with Crippen molar-refractivity contribution in [3.63, 3.8) is 0 Å². The van der Waals surface area contributed by atoms with E-state index in [9.17, 15) is 9.90 Å². The van der Waals surface area contributed by atoms with Gasteiger partial charge in [-0.25, -0.2) is 0 Å². The number of hydrogen-bond donors (Lipinski definition) is 2. The molecule has 104 valence electrons. The lowest BCUT2D eigenvalue weighted by Crippen LogP contribution is -2.36. The molecule has 1 aliphatic rings. The van der Waals surface area contributed by atoms with Crippen molar-refractivity contribution in [2.45, 2.75) is 31.8 Å². The fourth-order valence-electron chi connectivity index (χ4n) is 2.48. The first-order chi connectivity index (χ1) is 9.22. The molecule has 0 bridgehead atoms. The number of ether oxygens (including phenoxy) is 1. The van der Waals surface area contributed by atoms with Crippen LogP contribution in [0, 0.1) is 5.92 Å². The van der Waals surface area contributed by atoms with Crippen LogP contribution in [0.4, 0.5) is 0 Å². The third kappa shape index (κ3) is 3.44. The first-order valence-corrected chi connectivity index (χ1v) is 6.66. The summed E-state index contributed by atoms with van der Waals surface area (Å²) in [4.78, 5) is 16.0. The smallest absolute Gasteiger partial charge is 0.255 e.